The van der Waals surface area contributed by atoms with Crippen molar-refractivity contribution in [2.45, 2.75) is 39.0 Å². The lowest BCUT2D eigenvalue weighted by Gasteiger charge is -2.23. The highest BCUT2D eigenvalue weighted by molar-refractivity contribution is 5.91. The van der Waals surface area contributed by atoms with Gasteiger partial charge in [-0.1, -0.05) is 24.3 Å². The molecular formula is C28H23F5O3. The molecule has 0 aromatic heterocycles. The summed E-state index contributed by atoms with van der Waals surface area (Å²) in [6, 6.07) is 9.19. The smallest absolute Gasteiger partial charge is 0.346 e. The summed E-state index contributed by atoms with van der Waals surface area (Å²) in [6.45, 7) is 3.21. The number of hydrogen-bond acceptors (Lipinski definition) is 3. The van der Waals surface area contributed by atoms with Crippen LogP contribution in [0.15, 0.2) is 48.5 Å². The fourth-order valence-corrected chi connectivity index (χ4v) is 4.25. The Morgan fingerprint density at radius 1 is 0.917 bits per heavy atom. The first-order valence-corrected chi connectivity index (χ1v) is 11.5. The van der Waals surface area contributed by atoms with Gasteiger partial charge in [-0.25, -0.2) is 22.4 Å². The van der Waals surface area contributed by atoms with Gasteiger partial charge in [-0.15, -0.1) is 0 Å². The Morgan fingerprint density at radius 2 is 1.67 bits per heavy atom. The Kier molecular flexibility index (Phi) is 7.43. The maximum atomic E-state index is 14.7. The van der Waals surface area contributed by atoms with Crippen LogP contribution in [-0.2, 0) is 0 Å². The second kappa shape index (κ2) is 10.5. The predicted octanol–water partition coefficient (Wildman–Crippen LogP) is 7.66. The van der Waals surface area contributed by atoms with Gasteiger partial charge in [0.2, 0.25) is 5.82 Å². The van der Waals surface area contributed by atoms with Crippen molar-refractivity contribution in [1.29, 1.82) is 0 Å². The average molecular weight is 502 g/mol. The highest BCUT2D eigenvalue weighted by atomic mass is 19.2. The highest BCUT2D eigenvalue weighted by Gasteiger charge is 2.24. The van der Waals surface area contributed by atoms with E-state index in [1.807, 2.05) is 6.08 Å². The SMILES string of the molecule is CCOc1ccc(C(=O)Oc2ccc(C3=CCC(c4ccc(C)c(F)c4F)CC3)cc2F)c(F)c1F. The van der Waals surface area contributed by atoms with Crippen LogP contribution >= 0.6 is 0 Å². The number of carbonyl (C=O) groups excluding carboxylic acids is 1. The molecule has 4 rings (SSSR count). The first-order valence-electron chi connectivity index (χ1n) is 11.5. The molecule has 0 saturated heterocycles. The zero-order chi connectivity index (χ0) is 26.0. The third-order valence-electron chi connectivity index (χ3n) is 6.23. The van der Waals surface area contributed by atoms with Crippen molar-refractivity contribution in [3.63, 3.8) is 0 Å². The van der Waals surface area contributed by atoms with Gasteiger partial charge in [-0.2, -0.15) is 4.39 Å². The van der Waals surface area contributed by atoms with Gasteiger partial charge in [0.05, 0.1) is 12.2 Å². The lowest BCUT2D eigenvalue weighted by atomic mass is 9.82. The summed E-state index contributed by atoms with van der Waals surface area (Å²) in [6.07, 6.45) is 3.36. The molecule has 1 atom stereocenters. The minimum absolute atomic E-state index is 0.107. The molecule has 0 radical (unpaired) electrons. The Bertz CT molecular complexity index is 1350. The minimum atomic E-state index is -1.45. The van der Waals surface area contributed by atoms with E-state index in [2.05, 4.69) is 0 Å². The Hall–Kier alpha value is -3.68. The molecular weight excluding hydrogens is 479 g/mol. The summed E-state index contributed by atoms with van der Waals surface area (Å²) in [7, 11) is 0. The summed E-state index contributed by atoms with van der Waals surface area (Å²) in [5, 5.41) is 0. The molecule has 3 nitrogen and oxygen atoms in total. The maximum absolute atomic E-state index is 14.7. The van der Waals surface area contributed by atoms with Crippen LogP contribution in [-0.4, -0.2) is 12.6 Å². The molecule has 1 aliphatic rings. The van der Waals surface area contributed by atoms with Crippen LogP contribution in [0.2, 0.25) is 0 Å². The topological polar surface area (TPSA) is 35.5 Å². The Labute approximate surface area is 205 Å². The lowest BCUT2D eigenvalue weighted by molar-refractivity contribution is 0.0721. The second-order valence-corrected chi connectivity index (χ2v) is 8.51. The zero-order valence-electron chi connectivity index (χ0n) is 19.6. The number of aryl methyl sites for hydroxylation is 1. The van der Waals surface area contributed by atoms with Crippen molar-refractivity contribution >= 4 is 11.5 Å². The third kappa shape index (κ3) is 4.98. The fraction of sp³-hybridized carbons (Fsp3) is 0.250. The normalized spacial score (nSPS) is 15.4. The monoisotopic (exact) mass is 502 g/mol. The minimum Gasteiger partial charge on any atom is -0.491 e. The summed E-state index contributed by atoms with van der Waals surface area (Å²) in [4.78, 5) is 12.3. The molecule has 0 N–H and O–H groups in total. The van der Waals surface area contributed by atoms with E-state index in [0.717, 1.165) is 17.7 Å². The fourth-order valence-electron chi connectivity index (χ4n) is 4.25. The van der Waals surface area contributed by atoms with Gasteiger partial charge in [0.15, 0.2) is 34.8 Å². The number of allylic oxidation sites excluding steroid dienone is 2. The molecule has 0 bridgehead atoms. The van der Waals surface area contributed by atoms with Crippen LogP contribution in [0, 0.1) is 36.0 Å². The molecule has 8 heteroatoms. The largest absolute Gasteiger partial charge is 0.491 e. The van der Waals surface area contributed by atoms with Gasteiger partial charge < -0.3 is 9.47 Å². The number of hydrogen-bond donors (Lipinski definition) is 0. The molecule has 0 fully saturated rings. The summed E-state index contributed by atoms with van der Waals surface area (Å²) in [5.74, 6) is -7.56. The van der Waals surface area contributed by atoms with Crippen LogP contribution in [0.3, 0.4) is 0 Å². The van der Waals surface area contributed by atoms with Crippen molar-refractivity contribution < 1.29 is 36.2 Å². The van der Waals surface area contributed by atoms with E-state index < -0.39 is 46.4 Å². The molecule has 0 heterocycles. The van der Waals surface area contributed by atoms with Gasteiger partial charge in [0, 0.05) is 0 Å². The van der Waals surface area contributed by atoms with Crippen molar-refractivity contribution in [2.75, 3.05) is 6.61 Å². The molecule has 0 spiro atoms. The van der Waals surface area contributed by atoms with Gasteiger partial charge in [0.1, 0.15) is 0 Å². The third-order valence-corrected chi connectivity index (χ3v) is 6.23. The second-order valence-electron chi connectivity index (χ2n) is 8.51. The van der Waals surface area contributed by atoms with Gasteiger partial charge in [-0.05, 0) is 85.6 Å². The Balaban J connectivity index is 1.48. The maximum Gasteiger partial charge on any atom is 0.346 e. The summed E-state index contributed by atoms with van der Waals surface area (Å²) in [5.41, 5.74) is 1.23. The molecule has 0 aliphatic heterocycles. The number of rotatable bonds is 6. The van der Waals surface area contributed by atoms with E-state index in [1.165, 1.54) is 19.1 Å². The molecule has 36 heavy (non-hydrogen) atoms. The van der Waals surface area contributed by atoms with E-state index >= 15 is 0 Å². The molecule has 0 saturated carbocycles. The van der Waals surface area contributed by atoms with Gasteiger partial charge in [-0.3, -0.25) is 0 Å². The standard InChI is InChI=1S/C28H23F5O3/c1-3-35-23-13-11-20(26(32)27(23)33)28(34)36-22-12-9-18(14-21(22)29)16-5-7-17(8-6-16)19-10-4-15(2)24(30)25(19)31/h4-5,9-14,17H,3,6-8H2,1-2H3. The van der Waals surface area contributed by atoms with Gasteiger partial charge >= 0.3 is 5.97 Å². The number of ether oxygens (including phenoxy) is 2. The molecule has 3 aromatic carbocycles. The van der Waals surface area contributed by atoms with Crippen LogP contribution in [0.4, 0.5) is 22.0 Å². The first-order chi connectivity index (χ1) is 17.2. The van der Waals surface area contributed by atoms with E-state index in [1.54, 1.807) is 25.1 Å². The lowest BCUT2D eigenvalue weighted by Crippen LogP contribution is -2.13. The molecule has 1 unspecified atom stereocenters. The first kappa shape index (κ1) is 25.4. The summed E-state index contributed by atoms with van der Waals surface area (Å²) >= 11 is 0. The van der Waals surface area contributed by atoms with E-state index in [-0.39, 0.29) is 23.8 Å². The number of halogens is 5. The van der Waals surface area contributed by atoms with E-state index in [0.29, 0.717) is 30.4 Å². The average Bonchev–Trinajstić information content (AvgIpc) is 2.87. The quantitative estimate of drug-likeness (QED) is 0.197. The van der Waals surface area contributed by atoms with Gasteiger partial charge in [0.25, 0.3) is 0 Å². The van der Waals surface area contributed by atoms with E-state index in [4.69, 9.17) is 9.47 Å². The predicted molar refractivity (Wildman–Crippen MR) is 125 cm³/mol. The molecule has 1 aliphatic carbocycles. The van der Waals surface area contributed by atoms with Crippen molar-refractivity contribution in [2.24, 2.45) is 0 Å². The number of benzene rings is 3. The van der Waals surface area contributed by atoms with Crippen LogP contribution in [0.25, 0.3) is 5.57 Å². The number of carbonyl (C=O) groups is 1. The van der Waals surface area contributed by atoms with E-state index in [9.17, 15) is 26.7 Å². The highest BCUT2D eigenvalue weighted by Crippen LogP contribution is 2.38. The van der Waals surface area contributed by atoms with Crippen LogP contribution < -0.4 is 9.47 Å². The zero-order valence-corrected chi connectivity index (χ0v) is 19.6. The van der Waals surface area contributed by atoms with Crippen molar-refractivity contribution in [3.8, 4) is 11.5 Å². The van der Waals surface area contributed by atoms with Crippen LogP contribution in [0.5, 0.6) is 11.5 Å². The number of esters is 1. The molecule has 3 aromatic rings. The summed E-state index contributed by atoms with van der Waals surface area (Å²) < 4.78 is 81.2. The van der Waals surface area contributed by atoms with Crippen molar-refractivity contribution in [1.82, 2.24) is 0 Å². The molecule has 0 amide bonds. The molecule has 188 valence electrons. The van der Waals surface area contributed by atoms with Crippen molar-refractivity contribution in [3.05, 3.63) is 99.9 Å². The van der Waals surface area contributed by atoms with Crippen LogP contribution in [0.1, 0.15) is 59.2 Å². The Morgan fingerprint density at radius 3 is 2.33 bits per heavy atom.